The summed E-state index contributed by atoms with van der Waals surface area (Å²) in [7, 11) is 0. The van der Waals surface area contributed by atoms with E-state index in [-0.39, 0.29) is 6.10 Å². The Labute approximate surface area is 189 Å². The molecule has 0 bridgehead atoms. The molecule has 0 rings (SSSR count). The summed E-state index contributed by atoms with van der Waals surface area (Å²) in [5.74, 6) is 1.83. The smallest absolute Gasteiger partial charge is 0.0814 e. The summed E-state index contributed by atoms with van der Waals surface area (Å²) < 4.78 is 22.7. The first kappa shape index (κ1) is 32.0. The first-order chi connectivity index (χ1) is 14.1. The topological polar surface area (TPSA) is 36.9 Å². The Hall–Kier alpha value is -0.160. The summed E-state index contributed by atoms with van der Waals surface area (Å²) in [4.78, 5) is 0. The summed E-state index contributed by atoms with van der Waals surface area (Å²) in [6, 6.07) is 0. The van der Waals surface area contributed by atoms with Crippen molar-refractivity contribution in [3.05, 3.63) is 0 Å². The number of hydrogen-bond acceptors (Lipinski definition) is 4. The average Bonchev–Trinajstić information content (AvgIpc) is 2.63. The quantitative estimate of drug-likeness (QED) is 0.216. The molecule has 0 aromatic carbocycles. The first-order valence-electron chi connectivity index (χ1n) is 12.6. The molecule has 0 aromatic heterocycles. The fourth-order valence-corrected chi connectivity index (χ4v) is 2.76. The lowest BCUT2D eigenvalue weighted by atomic mass is 9.98. The van der Waals surface area contributed by atoms with Crippen LogP contribution in [0.25, 0.3) is 0 Å². The van der Waals surface area contributed by atoms with Crippen molar-refractivity contribution in [2.24, 2.45) is 17.8 Å². The van der Waals surface area contributed by atoms with E-state index in [2.05, 4.69) is 69.2 Å². The number of hydrogen-bond donors (Lipinski definition) is 0. The summed E-state index contributed by atoms with van der Waals surface area (Å²) in [5.41, 5.74) is 0. The van der Waals surface area contributed by atoms with E-state index in [9.17, 15) is 0 Å². The molecule has 0 amide bonds. The molecule has 0 fully saturated rings. The van der Waals surface area contributed by atoms with E-state index in [1.165, 1.54) is 12.8 Å². The maximum Gasteiger partial charge on any atom is 0.0814 e. The SMILES string of the molecule is CCCCOCC(CC(C)C)OC(C)C.CCCCOCC(COC(C)C)C(C)C. The van der Waals surface area contributed by atoms with E-state index in [1.54, 1.807) is 0 Å². The van der Waals surface area contributed by atoms with Gasteiger partial charge in [-0.15, -0.1) is 0 Å². The Bertz CT molecular complexity index is 319. The van der Waals surface area contributed by atoms with Gasteiger partial charge >= 0.3 is 0 Å². The molecule has 0 N–H and O–H groups in total. The zero-order valence-corrected chi connectivity index (χ0v) is 22.2. The molecule has 2 unspecified atom stereocenters. The Kier molecular flexibility index (Phi) is 23.5. The summed E-state index contributed by atoms with van der Waals surface area (Å²) in [5, 5.41) is 0. The molecule has 184 valence electrons. The highest BCUT2D eigenvalue weighted by molar-refractivity contribution is 4.62. The van der Waals surface area contributed by atoms with Crippen LogP contribution in [0.4, 0.5) is 0 Å². The molecular weight excluding hydrogens is 376 g/mol. The fraction of sp³-hybridized carbons (Fsp3) is 1.00. The van der Waals surface area contributed by atoms with Crippen LogP contribution >= 0.6 is 0 Å². The van der Waals surface area contributed by atoms with Crippen molar-refractivity contribution >= 4 is 0 Å². The van der Waals surface area contributed by atoms with Gasteiger partial charge in [0, 0.05) is 19.1 Å². The van der Waals surface area contributed by atoms with Gasteiger partial charge in [0.15, 0.2) is 0 Å². The van der Waals surface area contributed by atoms with Crippen LogP contribution in [0.15, 0.2) is 0 Å². The number of ether oxygens (including phenoxy) is 4. The van der Waals surface area contributed by atoms with Crippen molar-refractivity contribution in [1.29, 1.82) is 0 Å². The van der Waals surface area contributed by atoms with E-state index in [4.69, 9.17) is 18.9 Å². The van der Waals surface area contributed by atoms with Gasteiger partial charge in [-0.05, 0) is 58.8 Å². The largest absolute Gasteiger partial charge is 0.381 e. The Balaban J connectivity index is 0. The van der Waals surface area contributed by atoms with Crippen molar-refractivity contribution in [3.63, 3.8) is 0 Å². The standard InChI is InChI=1S/2C13H28O2/c1-6-7-8-14-9-13(11(2)3)10-15-12(4)5;1-6-7-8-14-10-13(9-11(2)3)15-12(4)5/h2*11-13H,6-10H2,1-5H3. The van der Waals surface area contributed by atoms with Crippen molar-refractivity contribution in [2.45, 2.75) is 120 Å². The third-order valence-corrected chi connectivity index (χ3v) is 4.71. The molecule has 0 aliphatic rings. The summed E-state index contributed by atoms with van der Waals surface area (Å²) >= 11 is 0. The molecule has 0 radical (unpaired) electrons. The first-order valence-corrected chi connectivity index (χ1v) is 12.6. The van der Waals surface area contributed by atoms with Crippen molar-refractivity contribution < 1.29 is 18.9 Å². The van der Waals surface area contributed by atoms with E-state index in [0.717, 1.165) is 52.3 Å². The Morgan fingerprint density at radius 2 is 1.17 bits per heavy atom. The minimum atomic E-state index is 0.266. The van der Waals surface area contributed by atoms with Gasteiger partial charge in [-0.1, -0.05) is 54.4 Å². The normalized spacial score (nSPS) is 13.8. The summed E-state index contributed by atoms with van der Waals surface area (Å²) in [6.45, 7) is 25.8. The molecule has 0 saturated carbocycles. The van der Waals surface area contributed by atoms with Gasteiger partial charge < -0.3 is 18.9 Å². The second-order valence-corrected chi connectivity index (χ2v) is 9.68. The molecule has 0 aliphatic heterocycles. The Morgan fingerprint density at radius 3 is 1.57 bits per heavy atom. The van der Waals surface area contributed by atoms with Crippen LogP contribution in [-0.4, -0.2) is 51.3 Å². The van der Waals surface area contributed by atoms with E-state index < -0.39 is 0 Å². The fourth-order valence-electron chi connectivity index (χ4n) is 2.76. The minimum Gasteiger partial charge on any atom is -0.381 e. The average molecular weight is 433 g/mol. The highest BCUT2D eigenvalue weighted by Gasteiger charge is 2.15. The van der Waals surface area contributed by atoms with Crippen molar-refractivity contribution in [2.75, 3.05) is 33.0 Å². The molecule has 0 saturated heterocycles. The lowest BCUT2D eigenvalue weighted by Crippen LogP contribution is -2.25. The zero-order chi connectivity index (χ0) is 23.4. The second-order valence-electron chi connectivity index (χ2n) is 9.68. The van der Waals surface area contributed by atoms with Gasteiger partial charge in [-0.2, -0.15) is 0 Å². The minimum absolute atomic E-state index is 0.266. The molecule has 0 aliphatic carbocycles. The van der Waals surface area contributed by atoms with Crippen molar-refractivity contribution in [3.8, 4) is 0 Å². The van der Waals surface area contributed by atoms with E-state index in [1.807, 2.05) is 0 Å². The van der Waals surface area contributed by atoms with Gasteiger partial charge in [0.05, 0.1) is 38.1 Å². The Morgan fingerprint density at radius 1 is 0.633 bits per heavy atom. The number of unbranched alkanes of at least 4 members (excludes halogenated alkanes) is 2. The van der Waals surface area contributed by atoms with Crippen LogP contribution in [0, 0.1) is 17.8 Å². The van der Waals surface area contributed by atoms with Crippen LogP contribution < -0.4 is 0 Å². The van der Waals surface area contributed by atoms with Crippen LogP contribution in [-0.2, 0) is 18.9 Å². The van der Waals surface area contributed by atoms with Crippen molar-refractivity contribution in [1.82, 2.24) is 0 Å². The summed E-state index contributed by atoms with van der Waals surface area (Å²) in [6.07, 6.45) is 6.68. The van der Waals surface area contributed by atoms with Crippen LogP contribution in [0.5, 0.6) is 0 Å². The van der Waals surface area contributed by atoms with Gasteiger partial charge in [0.1, 0.15) is 0 Å². The van der Waals surface area contributed by atoms with Gasteiger partial charge in [-0.3, -0.25) is 0 Å². The number of rotatable bonds is 18. The van der Waals surface area contributed by atoms with E-state index in [0.29, 0.717) is 30.0 Å². The molecule has 0 spiro atoms. The molecule has 30 heavy (non-hydrogen) atoms. The second kappa shape index (κ2) is 22.0. The van der Waals surface area contributed by atoms with Gasteiger partial charge in [-0.25, -0.2) is 0 Å². The predicted molar refractivity (Wildman–Crippen MR) is 130 cm³/mol. The molecule has 2 atom stereocenters. The van der Waals surface area contributed by atoms with Crippen LogP contribution in [0.1, 0.15) is 101 Å². The monoisotopic (exact) mass is 432 g/mol. The highest BCUT2D eigenvalue weighted by atomic mass is 16.5. The third kappa shape index (κ3) is 24.1. The van der Waals surface area contributed by atoms with Crippen LogP contribution in [0.2, 0.25) is 0 Å². The predicted octanol–water partition coefficient (Wildman–Crippen LogP) is 7.14. The van der Waals surface area contributed by atoms with Gasteiger partial charge in [0.2, 0.25) is 0 Å². The highest BCUT2D eigenvalue weighted by Crippen LogP contribution is 2.13. The third-order valence-electron chi connectivity index (χ3n) is 4.71. The lowest BCUT2D eigenvalue weighted by Gasteiger charge is -2.22. The molecule has 0 aromatic rings. The molecule has 0 heterocycles. The van der Waals surface area contributed by atoms with Crippen LogP contribution in [0.3, 0.4) is 0 Å². The van der Waals surface area contributed by atoms with E-state index >= 15 is 0 Å². The molecule has 4 heteroatoms. The molecular formula is C26H56O4. The van der Waals surface area contributed by atoms with Gasteiger partial charge in [0.25, 0.3) is 0 Å². The maximum atomic E-state index is 5.82. The maximum absolute atomic E-state index is 5.82. The molecule has 4 nitrogen and oxygen atoms in total. The lowest BCUT2D eigenvalue weighted by molar-refractivity contribution is -0.0532. The zero-order valence-electron chi connectivity index (χ0n) is 22.2.